The Morgan fingerprint density at radius 3 is 3.00 bits per heavy atom. The lowest BCUT2D eigenvalue weighted by Gasteiger charge is -2.05. The molecule has 0 aliphatic heterocycles. The van der Waals surface area contributed by atoms with Crippen LogP contribution >= 0.6 is 15.9 Å². The largest absolute Gasteiger partial charge is 0.496 e. The smallest absolute Gasteiger partial charge is 0.244 e. The number of carbonyl (C=O) groups excluding carboxylic acids is 1. The molecule has 0 bridgehead atoms. The molecule has 0 radical (unpaired) electrons. The van der Waals surface area contributed by atoms with Gasteiger partial charge in [-0.1, -0.05) is 22.0 Å². The van der Waals surface area contributed by atoms with Crippen molar-refractivity contribution < 1.29 is 9.53 Å². The summed E-state index contributed by atoms with van der Waals surface area (Å²) in [5, 5.41) is 2.76. The van der Waals surface area contributed by atoms with Gasteiger partial charge in [0.05, 0.1) is 7.11 Å². The number of nitrogens with one attached hydrogen (secondary N) is 1. The van der Waals surface area contributed by atoms with Gasteiger partial charge in [0, 0.05) is 22.7 Å². The molecular formula is C14H16BrNO2. The van der Waals surface area contributed by atoms with Crippen molar-refractivity contribution in [2.45, 2.75) is 6.42 Å². The van der Waals surface area contributed by atoms with Crippen molar-refractivity contribution in [2.75, 3.05) is 13.7 Å². The molecule has 96 valence electrons. The van der Waals surface area contributed by atoms with E-state index in [1.54, 1.807) is 19.3 Å². The Bertz CT molecular complexity index is 455. The quantitative estimate of drug-likeness (QED) is 0.498. The molecule has 3 nitrogen and oxygen atoms in total. The molecule has 1 N–H and O–H groups in total. The number of benzene rings is 1. The average molecular weight is 310 g/mol. The van der Waals surface area contributed by atoms with Crippen LogP contribution in [0.5, 0.6) is 5.75 Å². The van der Waals surface area contributed by atoms with Crippen molar-refractivity contribution in [3.8, 4) is 5.75 Å². The van der Waals surface area contributed by atoms with Gasteiger partial charge in [-0.3, -0.25) is 4.79 Å². The summed E-state index contributed by atoms with van der Waals surface area (Å²) >= 11 is 3.38. The topological polar surface area (TPSA) is 38.3 Å². The Morgan fingerprint density at radius 1 is 1.56 bits per heavy atom. The highest BCUT2D eigenvalue weighted by atomic mass is 79.9. The van der Waals surface area contributed by atoms with Gasteiger partial charge in [0.15, 0.2) is 0 Å². The normalized spacial score (nSPS) is 10.3. The van der Waals surface area contributed by atoms with E-state index < -0.39 is 0 Å². The van der Waals surface area contributed by atoms with Gasteiger partial charge in [-0.25, -0.2) is 0 Å². The maximum Gasteiger partial charge on any atom is 0.244 e. The Labute approximate surface area is 116 Å². The van der Waals surface area contributed by atoms with Crippen LogP contribution in [0.4, 0.5) is 0 Å². The maximum atomic E-state index is 11.5. The zero-order valence-corrected chi connectivity index (χ0v) is 11.9. The van der Waals surface area contributed by atoms with Crippen molar-refractivity contribution in [1.29, 1.82) is 0 Å². The fourth-order valence-corrected chi connectivity index (χ4v) is 1.74. The first-order valence-electron chi connectivity index (χ1n) is 5.57. The van der Waals surface area contributed by atoms with E-state index in [0.717, 1.165) is 22.2 Å². The summed E-state index contributed by atoms with van der Waals surface area (Å²) in [4.78, 5) is 11.5. The van der Waals surface area contributed by atoms with E-state index in [-0.39, 0.29) is 5.91 Å². The lowest BCUT2D eigenvalue weighted by Crippen LogP contribution is -2.21. The average Bonchev–Trinajstić information content (AvgIpc) is 2.37. The third kappa shape index (κ3) is 4.75. The molecule has 4 heteroatoms. The Morgan fingerprint density at radius 2 is 2.33 bits per heavy atom. The molecule has 1 aromatic carbocycles. The fraction of sp³-hybridized carbons (Fsp3) is 0.214. The lowest BCUT2D eigenvalue weighted by molar-refractivity contribution is -0.116. The van der Waals surface area contributed by atoms with Gasteiger partial charge in [-0.05, 0) is 30.7 Å². The second-order valence-electron chi connectivity index (χ2n) is 3.59. The van der Waals surface area contributed by atoms with E-state index in [0.29, 0.717) is 6.54 Å². The zero-order chi connectivity index (χ0) is 13.4. The number of carbonyl (C=O) groups is 1. The number of hydrogen-bond acceptors (Lipinski definition) is 2. The number of amides is 1. The van der Waals surface area contributed by atoms with Crippen LogP contribution in [0.25, 0.3) is 6.08 Å². The minimum absolute atomic E-state index is 0.126. The molecule has 1 amide bonds. The molecule has 1 rings (SSSR count). The van der Waals surface area contributed by atoms with E-state index in [2.05, 4.69) is 27.8 Å². The SMILES string of the molecule is C=CCCNC(=O)/C=C/c1cc(Br)ccc1OC. The minimum atomic E-state index is -0.126. The van der Waals surface area contributed by atoms with Crippen molar-refractivity contribution in [3.63, 3.8) is 0 Å². The van der Waals surface area contributed by atoms with Crippen LogP contribution in [0.15, 0.2) is 41.4 Å². The third-order valence-electron chi connectivity index (χ3n) is 2.25. The molecule has 0 aliphatic rings. The van der Waals surface area contributed by atoms with Gasteiger partial charge in [-0.2, -0.15) is 0 Å². The molecule has 0 spiro atoms. The molecule has 1 aromatic rings. The summed E-state index contributed by atoms with van der Waals surface area (Å²) < 4.78 is 6.15. The van der Waals surface area contributed by atoms with E-state index >= 15 is 0 Å². The van der Waals surface area contributed by atoms with E-state index in [4.69, 9.17) is 4.74 Å². The number of ether oxygens (including phenoxy) is 1. The number of rotatable bonds is 6. The summed E-state index contributed by atoms with van der Waals surface area (Å²) in [7, 11) is 1.60. The Kier molecular flexibility index (Phi) is 6.22. The van der Waals surface area contributed by atoms with Gasteiger partial charge in [0.25, 0.3) is 0 Å². The highest BCUT2D eigenvalue weighted by molar-refractivity contribution is 9.10. The minimum Gasteiger partial charge on any atom is -0.496 e. The van der Waals surface area contributed by atoms with Crippen LogP contribution in [-0.2, 0) is 4.79 Å². The fourth-order valence-electron chi connectivity index (χ4n) is 1.36. The molecule has 0 fully saturated rings. The van der Waals surface area contributed by atoms with E-state index in [9.17, 15) is 4.79 Å². The second kappa shape index (κ2) is 7.71. The molecule has 0 heterocycles. The molecule has 0 saturated carbocycles. The highest BCUT2D eigenvalue weighted by Crippen LogP contribution is 2.23. The summed E-state index contributed by atoms with van der Waals surface area (Å²) in [5.74, 6) is 0.604. The molecule has 0 saturated heterocycles. The second-order valence-corrected chi connectivity index (χ2v) is 4.50. The number of halogens is 1. The number of hydrogen-bond donors (Lipinski definition) is 1. The van der Waals surface area contributed by atoms with Crippen LogP contribution < -0.4 is 10.1 Å². The Balaban J connectivity index is 2.68. The predicted octanol–water partition coefficient (Wildman–Crippen LogP) is 3.16. The zero-order valence-electron chi connectivity index (χ0n) is 10.3. The summed E-state index contributed by atoms with van der Waals surface area (Å²) in [5.41, 5.74) is 0.853. The monoisotopic (exact) mass is 309 g/mol. The summed E-state index contributed by atoms with van der Waals surface area (Å²) in [6.45, 7) is 4.19. The lowest BCUT2D eigenvalue weighted by atomic mass is 10.2. The Hall–Kier alpha value is -1.55. The van der Waals surface area contributed by atoms with Crippen LogP contribution in [0, 0.1) is 0 Å². The summed E-state index contributed by atoms with van der Waals surface area (Å²) in [6.07, 6.45) is 5.75. The van der Waals surface area contributed by atoms with Crippen molar-refractivity contribution in [3.05, 3.63) is 47.0 Å². The molecule has 0 atom stereocenters. The standard InChI is InChI=1S/C14H16BrNO2/c1-3-4-9-16-14(17)8-5-11-10-12(15)6-7-13(11)18-2/h3,5-8,10H,1,4,9H2,2H3,(H,16,17)/b8-5+. The first-order chi connectivity index (χ1) is 8.67. The highest BCUT2D eigenvalue weighted by Gasteiger charge is 2.01. The van der Waals surface area contributed by atoms with E-state index in [1.807, 2.05) is 18.2 Å². The van der Waals surface area contributed by atoms with E-state index in [1.165, 1.54) is 6.08 Å². The molecular weight excluding hydrogens is 294 g/mol. The van der Waals surface area contributed by atoms with Gasteiger partial charge in [0.2, 0.25) is 5.91 Å². The molecule has 0 unspecified atom stereocenters. The van der Waals surface area contributed by atoms with Crippen molar-refractivity contribution >= 4 is 27.9 Å². The molecule has 0 aromatic heterocycles. The van der Waals surface area contributed by atoms with Gasteiger partial charge < -0.3 is 10.1 Å². The van der Waals surface area contributed by atoms with Crippen molar-refractivity contribution in [2.24, 2.45) is 0 Å². The van der Waals surface area contributed by atoms with Crippen LogP contribution in [0.2, 0.25) is 0 Å². The first-order valence-corrected chi connectivity index (χ1v) is 6.37. The van der Waals surface area contributed by atoms with Gasteiger partial charge in [-0.15, -0.1) is 6.58 Å². The van der Waals surface area contributed by atoms with Crippen LogP contribution in [0.1, 0.15) is 12.0 Å². The molecule has 18 heavy (non-hydrogen) atoms. The van der Waals surface area contributed by atoms with Crippen LogP contribution in [-0.4, -0.2) is 19.6 Å². The molecule has 0 aliphatic carbocycles. The first kappa shape index (κ1) is 14.5. The van der Waals surface area contributed by atoms with Crippen molar-refractivity contribution in [1.82, 2.24) is 5.32 Å². The summed E-state index contributed by atoms with van der Waals surface area (Å²) in [6, 6.07) is 5.63. The predicted molar refractivity (Wildman–Crippen MR) is 77.6 cm³/mol. The number of methoxy groups -OCH3 is 1. The maximum absolute atomic E-state index is 11.5. The third-order valence-corrected chi connectivity index (χ3v) is 2.75. The van der Waals surface area contributed by atoms with Crippen LogP contribution in [0.3, 0.4) is 0 Å². The van der Waals surface area contributed by atoms with Gasteiger partial charge >= 0.3 is 0 Å². The van der Waals surface area contributed by atoms with Gasteiger partial charge in [0.1, 0.15) is 5.75 Å².